The summed E-state index contributed by atoms with van der Waals surface area (Å²) in [4.78, 5) is 14.2. The number of halogens is 3. The lowest BCUT2D eigenvalue weighted by Crippen LogP contribution is -2.17. The van der Waals surface area contributed by atoms with Crippen molar-refractivity contribution in [3.05, 3.63) is 28.8 Å². The standard InChI is InChI=1S/C12H9F3N2O3/c1-6-8(17-9(5-18)11(19)20)3-2-7(4-16)10(6)12(13,14)15/h2-3,18H,5H2,1H3,(H,19,20). The number of aliphatic hydroxyl groups is 1. The van der Waals surface area contributed by atoms with Crippen LogP contribution in [0.3, 0.4) is 0 Å². The van der Waals surface area contributed by atoms with E-state index in [-0.39, 0.29) is 11.3 Å². The van der Waals surface area contributed by atoms with Crippen LogP contribution < -0.4 is 0 Å². The molecule has 0 heterocycles. The van der Waals surface area contributed by atoms with Gasteiger partial charge in [-0.15, -0.1) is 0 Å². The third-order valence-corrected chi connectivity index (χ3v) is 2.49. The first-order valence-electron chi connectivity index (χ1n) is 5.25. The maximum Gasteiger partial charge on any atom is 0.418 e. The molecule has 1 rings (SSSR count). The molecule has 0 aliphatic heterocycles. The van der Waals surface area contributed by atoms with Gasteiger partial charge in [-0.1, -0.05) is 0 Å². The fraction of sp³-hybridized carbons (Fsp3) is 0.250. The van der Waals surface area contributed by atoms with E-state index in [4.69, 9.17) is 15.5 Å². The molecule has 8 heteroatoms. The molecule has 5 nitrogen and oxygen atoms in total. The Balaban J connectivity index is 3.55. The first kappa shape index (κ1) is 15.7. The zero-order valence-corrected chi connectivity index (χ0v) is 10.2. The largest absolute Gasteiger partial charge is 0.477 e. The number of hydrogen-bond acceptors (Lipinski definition) is 4. The summed E-state index contributed by atoms with van der Waals surface area (Å²) in [5, 5.41) is 26.2. The summed E-state index contributed by atoms with van der Waals surface area (Å²) in [6.45, 7) is 0.162. The smallest absolute Gasteiger partial charge is 0.418 e. The topological polar surface area (TPSA) is 93.7 Å². The molecule has 1 aromatic carbocycles. The number of aliphatic imine (C=N–C) groups is 1. The summed E-state index contributed by atoms with van der Waals surface area (Å²) >= 11 is 0. The number of carboxylic acid groups (broad SMARTS) is 1. The van der Waals surface area contributed by atoms with Crippen LogP contribution in [0.5, 0.6) is 0 Å². The number of rotatable bonds is 3. The third kappa shape index (κ3) is 3.13. The van der Waals surface area contributed by atoms with E-state index in [1.54, 1.807) is 0 Å². The minimum atomic E-state index is -4.76. The Kier molecular flexibility index (Phi) is 4.47. The Morgan fingerprint density at radius 3 is 2.45 bits per heavy atom. The molecule has 0 amide bonds. The van der Waals surface area contributed by atoms with Crippen molar-refractivity contribution in [2.75, 3.05) is 6.61 Å². The van der Waals surface area contributed by atoms with Crippen LogP contribution in [0.25, 0.3) is 0 Å². The average molecular weight is 286 g/mol. The molecular weight excluding hydrogens is 277 g/mol. The van der Waals surface area contributed by atoms with Gasteiger partial charge in [-0.25, -0.2) is 9.79 Å². The summed E-state index contributed by atoms with van der Waals surface area (Å²) in [6, 6.07) is 3.43. The quantitative estimate of drug-likeness (QED) is 0.831. The SMILES string of the molecule is Cc1c(N=C(CO)C(=O)O)ccc(C#N)c1C(F)(F)F. The zero-order valence-electron chi connectivity index (χ0n) is 10.2. The monoisotopic (exact) mass is 286 g/mol. The number of carbonyl (C=O) groups is 1. The van der Waals surface area contributed by atoms with E-state index >= 15 is 0 Å². The van der Waals surface area contributed by atoms with E-state index in [0.29, 0.717) is 0 Å². The fourth-order valence-corrected chi connectivity index (χ4v) is 1.58. The number of aliphatic carboxylic acids is 1. The minimum Gasteiger partial charge on any atom is -0.477 e. The Morgan fingerprint density at radius 2 is 2.05 bits per heavy atom. The van der Waals surface area contributed by atoms with Gasteiger partial charge in [0.2, 0.25) is 0 Å². The van der Waals surface area contributed by atoms with Gasteiger partial charge in [-0.2, -0.15) is 18.4 Å². The molecule has 2 N–H and O–H groups in total. The molecule has 0 saturated heterocycles. The predicted octanol–water partition coefficient (Wildman–Crippen LogP) is 2.03. The van der Waals surface area contributed by atoms with Crippen molar-refractivity contribution in [3.63, 3.8) is 0 Å². The van der Waals surface area contributed by atoms with Crippen LogP contribution in [-0.2, 0) is 11.0 Å². The van der Waals surface area contributed by atoms with E-state index in [1.165, 1.54) is 6.07 Å². The van der Waals surface area contributed by atoms with Gasteiger partial charge < -0.3 is 10.2 Å². The molecule has 0 unspecified atom stereocenters. The Bertz CT molecular complexity index is 616. The van der Waals surface area contributed by atoms with Crippen molar-refractivity contribution >= 4 is 17.4 Å². The van der Waals surface area contributed by atoms with E-state index in [9.17, 15) is 18.0 Å². The Morgan fingerprint density at radius 1 is 1.45 bits per heavy atom. The summed E-state index contributed by atoms with van der Waals surface area (Å²) in [6.07, 6.45) is -4.76. The maximum absolute atomic E-state index is 12.9. The molecule has 20 heavy (non-hydrogen) atoms. The number of nitriles is 1. The molecule has 0 fully saturated rings. The summed E-state index contributed by atoms with van der Waals surface area (Å²) in [5.74, 6) is -1.54. The number of hydrogen-bond donors (Lipinski definition) is 2. The van der Waals surface area contributed by atoms with Crippen molar-refractivity contribution in [2.24, 2.45) is 4.99 Å². The molecule has 0 aromatic heterocycles. The fourth-order valence-electron chi connectivity index (χ4n) is 1.58. The minimum absolute atomic E-state index is 0.261. The second-order valence-electron chi connectivity index (χ2n) is 3.76. The van der Waals surface area contributed by atoms with Gasteiger partial charge >= 0.3 is 12.1 Å². The number of benzene rings is 1. The summed E-state index contributed by atoms with van der Waals surface area (Å²) in [5.41, 5.74) is -3.06. The molecule has 0 aliphatic carbocycles. The lowest BCUT2D eigenvalue weighted by atomic mass is 10.0. The molecule has 1 aromatic rings. The number of alkyl halides is 3. The second kappa shape index (κ2) is 5.71. The third-order valence-electron chi connectivity index (χ3n) is 2.49. The molecule has 0 bridgehead atoms. The van der Waals surface area contributed by atoms with Crippen molar-refractivity contribution in [2.45, 2.75) is 13.1 Å². The van der Waals surface area contributed by atoms with Crippen molar-refractivity contribution in [1.29, 1.82) is 5.26 Å². The molecule has 0 radical (unpaired) electrons. The van der Waals surface area contributed by atoms with E-state index in [1.807, 2.05) is 0 Å². The van der Waals surface area contributed by atoms with Gasteiger partial charge in [0, 0.05) is 0 Å². The maximum atomic E-state index is 12.9. The number of nitrogens with zero attached hydrogens (tertiary/aromatic N) is 2. The molecular formula is C12H9F3N2O3. The van der Waals surface area contributed by atoms with Crippen molar-refractivity contribution in [1.82, 2.24) is 0 Å². The highest BCUT2D eigenvalue weighted by atomic mass is 19.4. The van der Waals surface area contributed by atoms with E-state index in [2.05, 4.69) is 4.99 Å². The van der Waals surface area contributed by atoms with Crippen LogP contribution in [0.15, 0.2) is 17.1 Å². The zero-order chi connectivity index (χ0) is 15.5. The normalized spacial score (nSPS) is 12.1. The van der Waals surface area contributed by atoms with Gasteiger partial charge in [-0.3, -0.25) is 0 Å². The number of aliphatic hydroxyl groups excluding tert-OH is 1. The molecule has 0 aliphatic rings. The van der Waals surface area contributed by atoms with Crippen molar-refractivity contribution < 1.29 is 28.2 Å². The van der Waals surface area contributed by atoms with E-state index < -0.39 is 35.6 Å². The highest BCUT2D eigenvalue weighted by Crippen LogP contribution is 2.38. The first-order valence-corrected chi connectivity index (χ1v) is 5.25. The van der Waals surface area contributed by atoms with Crippen LogP contribution in [0.1, 0.15) is 16.7 Å². The number of carboxylic acids is 1. The van der Waals surface area contributed by atoms with Crippen LogP contribution in [0, 0.1) is 18.3 Å². The first-order chi connectivity index (χ1) is 9.22. The van der Waals surface area contributed by atoms with Crippen LogP contribution >= 0.6 is 0 Å². The van der Waals surface area contributed by atoms with Gasteiger partial charge in [0.25, 0.3) is 0 Å². The molecule has 0 saturated carbocycles. The van der Waals surface area contributed by atoms with Gasteiger partial charge in [0.05, 0.1) is 29.5 Å². The van der Waals surface area contributed by atoms with Crippen LogP contribution in [-0.4, -0.2) is 28.5 Å². The highest BCUT2D eigenvalue weighted by Gasteiger charge is 2.36. The molecule has 0 spiro atoms. The van der Waals surface area contributed by atoms with Gasteiger partial charge in [0.1, 0.15) is 0 Å². The lowest BCUT2D eigenvalue weighted by Gasteiger charge is -2.13. The summed E-state index contributed by atoms with van der Waals surface area (Å²) in [7, 11) is 0. The Hall–Kier alpha value is -2.40. The van der Waals surface area contributed by atoms with Crippen LogP contribution in [0.2, 0.25) is 0 Å². The highest BCUT2D eigenvalue weighted by molar-refractivity contribution is 6.36. The lowest BCUT2D eigenvalue weighted by molar-refractivity contribution is -0.138. The summed E-state index contributed by atoms with van der Waals surface area (Å²) < 4.78 is 38.7. The van der Waals surface area contributed by atoms with Crippen molar-refractivity contribution in [3.8, 4) is 6.07 Å². The van der Waals surface area contributed by atoms with Gasteiger partial charge in [-0.05, 0) is 24.6 Å². The Labute approximate surface area is 111 Å². The molecule has 0 atom stereocenters. The average Bonchev–Trinajstić information content (AvgIpc) is 2.34. The predicted molar refractivity (Wildman–Crippen MR) is 62.7 cm³/mol. The van der Waals surface area contributed by atoms with Crippen LogP contribution in [0.4, 0.5) is 18.9 Å². The van der Waals surface area contributed by atoms with Gasteiger partial charge in [0.15, 0.2) is 5.71 Å². The molecule has 106 valence electrons. The second-order valence-corrected chi connectivity index (χ2v) is 3.76. The van der Waals surface area contributed by atoms with E-state index in [0.717, 1.165) is 19.1 Å².